The molecular formula is C20H24N4O3S. The molecule has 8 heteroatoms. The van der Waals surface area contributed by atoms with Crippen LogP contribution in [-0.2, 0) is 11.2 Å². The standard InChI is InChI=1S/C20H24N4O3S/c1-2-13-11-16(18(26)12-17(13)25)19-21-22-20(28)24(19)15-5-3-14(4-6-15)23-7-9-27-10-8-23/h3-6,11-12,19,21,25-26H,2,7-10H2,1H3,(H,22,28). The summed E-state index contributed by atoms with van der Waals surface area (Å²) in [7, 11) is 0. The predicted octanol–water partition coefficient (Wildman–Crippen LogP) is 2.39. The second kappa shape index (κ2) is 7.83. The number of rotatable bonds is 4. The number of morpholine rings is 1. The highest BCUT2D eigenvalue weighted by atomic mass is 32.1. The van der Waals surface area contributed by atoms with E-state index in [4.69, 9.17) is 17.0 Å². The fraction of sp³-hybridized carbons (Fsp3) is 0.350. The molecular weight excluding hydrogens is 376 g/mol. The van der Waals surface area contributed by atoms with Crippen molar-refractivity contribution in [3.63, 3.8) is 0 Å². The third-order valence-corrected chi connectivity index (χ3v) is 5.50. The molecule has 148 valence electrons. The summed E-state index contributed by atoms with van der Waals surface area (Å²) in [4.78, 5) is 4.22. The van der Waals surface area contributed by atoms with Crippen LogP contribution in [0.1, 0.15) is 24.2 Å². The monoisotopic (exact) mass is 400 g/mol. The Bertz CT molecular complexity index is 868. The van der Waals surface area contributed by atoms with Gasteiger partial charge in [-0.25, -0.2) is 5.43 Å². The lowest BCUT2D eigenvalue weighted by molar-refractivity contribution is 0.122. The van der Waals surface area contributed by atoms with Crippen molar-refractivity contribution in [1.29, 1.82) is 0 Å². The molecule has 2 heterocycles. The van der Waals surface area contributed by atoms with Crippen LogP contribution in [0.15, 0.2) is 36.4 Å². The Balaban J connectivity index is 1.63. The Labute approximate surface area is 169 Å². The molecule has 1 unspecified atom stereocenters. The van der Waals surface area contributed by atoms with Gasteiger partial charge in [0.1, 0.15) is 17.7 Å². The summed E-state index contributed by atoms with van der Waals surface area (Å²) in [5.74, 6) is 0.118. The number of aromatic hydroxyl groups is 2. The van der Waals surface area contributed by atoms with E-state index in [1.54, 1.807) is 0 Å². The molecule has 4 N–H and O–H groups in total. The summed E-state index contributed by atoms with van der Waals surface area (Å²) >= 11 is 5.48. The number of hydrogen-bond acceptors (Lipinski definition) is 6. The van der Waals surface area contributed by atoms with Crippen LogP contribution in [0.25, 0.3) is 0 Å². The Morgan fingerprint density at radius 3 is 2.43 bits per heavy atom. The van der Waals surface area contributed by atoms with Crippen LogP contribution in [0, 0.1) is 0 Å². The van der Waals surface area contributed by atoms with E-state index in [1.165, 1.54) is 6.07 Å². The van der Waals surface area contributed by atoms with Crippen molar-refractivity contribution in [3.05, 3.63) is 47.5 Å². The number of hydrazine groups is 1. The number of thiocarbonyl (C=S) groups is 1. The first kappa shape index (κ1) is 18.8. The van der Waals surface area contributed by atoms with Gasteiger partial charge < -0.3 is 19.8 Å². The molecule has 2 fully saturated rings. The number of phenols is 2. The van der Waals surface area contributed by atoms with Crippen molar-refractivity contribution in [2.75, 3.05) is 36.1 Å². The van der Waals surface area contributed by atoms with E-state index in [9.17, 15) is 10.2 Å². The van der Waals surface area contributed by atoms with Crippen LogP contribution in [0.3, 0.4) is 0 Å². The molecule has 2 aromatic carbocycles. The van der Waals surface area contributed by atoms with Crippen LogP contribution >= 0.6 is 12.2 Å². The molecule has 2 aliphatic heterocycles. The van der Waals surface area contributed by atoms with Crippen molar-refractivity contribution in [2.24, 2.45) is 0 Å². The van der Waals surface area contributed by atoms with Crippen molar-refractivity contribution in [3.8, 4) is 11.5 Å². The fourth-order valence-corrected chi connectivity index (χ4v) is 3.91. The molecule has 0 amide bonds. The van der Waals surface area contributed by atoms with E-state index >= 15 is 0 Å². The molecule has 2 aliphatic rings. The third kappa shape index (κ3) is 3.46. The number of aryl methyl sites for hydroxylation is 1. The smallest absolute Gasteiger partial charge is 0.189 e. The zero-order valence-electron chi connectivity index (χ0n) is 15.7. The zero-order valence-corrected chi connectivity index (χ0v) is 16.5. The molecule has 28 heavy (non-hydrogen) atoms. The second-order valence-electron chi connectivity index (χ2n) is 6.86. The predicted molar refractivity (Wildman–Crippen MR) is 113 cm³/mol. The second-order valence-corrected chi connectivity index (χ2v) is 7.24. The van der Waals surface area contributed by atoms with Crippen LogP contribution in [0.5, 0.6) is 11.5 Å². The maximum atomic E-state index is 10.4. The van der Waals surface area contributed by atoms with Gasteiger partial charge in [-0.1, -0.05) is 6.92 Å². The Morgan fingerprint density at radius 1 is 1.07 bits per heavy atom. The molecule has 0 spiro atoms. The fourth-order valence-electron chi connectivity index (χ4n) is 3.64. The zero-order chi connectivity index (χ0) is 19.7. The summed E-state index contributed by atoms with van der Waals surface area (Å²) in [6.07, 6.45) is 0.283. The van der Waals surface area contributed by atoms with E-state index in [1.807, 2.05) is 30.0 Å². The van der Waals surface area contributed by atoms with E-state index in [0.29, 0.717) is 17.1 Å². The topological polar surface area (TPSA) is 80.2 Å². The molecule has 1 atom stereocenters. The molecule has 0 aliphatic carbocycles. The Hall–Kier alpha value is -2.55. The van der Waals surface area contributed by atoms with E-state index in [-0.39, 0.29) is 17.7 Å². The SMILES string of the molecule is CCc1cc(C2NNC(=S)N2c2ccc(N3CCOCC3)cc2)c(O)cc1O. The number of nitrogens with zero attached hydrogens (tertiary/aromatic N) is 2. The quantitative estimate of drug-likeness (QED) is 0.583. The first-order chi connectivity index (χ1) is 13.6. The van der Waals surface area contributed by atoms with Gasteiger partial charge in [-0.2, -0.15) is 0 Å². The van der Waals surface area contributed by atoms with E-state index < -0.39 is 0 Å². The summed E-state index contributed by atoms with van der Waals surface area (Å²) in [5.41, 5.74) is 9.59. The Morgan fingerprint density at radius 2 is 1.75 bits per heavy atom. The maximum absolute atomic E-state index is 10.4. The first-order valence-electron chi connectivity index (χ1n) is 9.40. The number of ether oxygens (including phenoxy) is 1. The minimum atomic E-state index is -0.382. The normalized spacial score (nSPS) is 19.8. The van der Waals surface area contributed by atoms with Crippen LogP contribution < -0.4 is 20.7 Å². The van der Waals surface area contributed by atoms with E-state index in [0.717, 1.165) is 43.2 Å². The summed E-state index contributed by atoms with van der Waals surface area (Å²) in [6, 6.07) is 11.4. The first-order valence-corrected chi connectivity index (χ1v) is 9.81. The van der Waals surface area contributed by atoms with Gasteiger partial charge >= 0.3 is 0 Å². The summed E-state index contributed by atoms with van der Waals surface area (Å²) < 4.78 is 5.42. The third-order valence-electron chi connectivity index (χ3n) is 5.20. The van der Waals surface area contributed by atoms with Gasteiger partial charge in [0.15, 0.2) is 5.11 Å². The van der Waals surface area contributed by atoms with Gasteiger partial charge in [0.05, 0.1) is 13.2 Å². The number of phenolic OH excluding ortho intramolecular Hbond substituents is 2. The summed E-state index contributed by atoms with van der Waals surface area (Å²) in [5, 5.41) is 20.9. The van der Waals surface area contributed by atoms with Gasteiger partial charge in [-0.05, 0) is 54.5 Å². The number of hydrogen-bond donors (Lipinski definition) is 4. The average molecular weight is 401 g/mol. The molecule has 0 saturated carbocycles. The van der Waals surface area contributed by atoms with Crippen molar-refractivity contribution in [1.82, 2.24) is 10.9 Å². The number of nitrogens with one attached hydrogen (secondary N) is 2. The van der Waals surface area contributed by atoms with Crippen LogP contribution in [0.2, 0.25) is 0 Å². The van der Waals surface area contributed by atoms with Gasteiger partial charge in [-0.3, -0.25) is 10.3 Å². The lowest BCUT2D eigenvalue weighted by Crippen LogP contribution is -2.36. The highest BCUT2D eigenvalue weighted by Crippen LogP contribution is 2.37. The molecule has 0 bridgehead atoms. The largest absolute Gasteiger partial charge is 0.508 e. The van der Waals surface area contributed by atoms with Gasteiger partial charge in [0.2, 0.25) is 0 Å². The minimum absolute atomic E-state index is 0.0219. The molecule has 4 rings (SSSR count). The average Bonchev–Trinajstić information content (AvgIpc) is 3.10. The van der Waals surface area contributed by atoms with Crippen LogP contribution in [0.4, 0.5) is 11.4 Å². The summed E-state index contributed by atoms with van der Waals surface area (Å²) in [6.45, 7) is 5.22. The van der Waals surface area contributed by atoms with Crippen LogP contribution in [-0.4, -0.2) is 41.6 Å². The highest BCUT2D eigenvalue weighted by molar-refractivity contribution is 7.80. The number of anilines is 2. The number of benzene rings is 2. The van der Waals surface area contributed by atoms with Gasteiger partial charge in [0, 0.05) is 36.1 Å². The van der Waals surface area contributed by atoms with Gasteiger partial charge in [-0.15, -0.1) is 0 Å². The molecule has 0 aromatic heterocycles. The maximum Gasteiger partial charge on any atom is 0.189 e. The van der Waals surface area contributed by atoms with Gasteiger partial charge in [0.25, 0.3) is 0 Å². The molecule has 0 radical (unpaired) electrons. The lowest BCUT2D eigenvalue weighted by atomic mass is 10.0. The Kier molecular flexibility index (Phi) is 5.25. The lowest BCUT2D eigenvalue weighted by Gasteiger charge is -2.30. The molecule has 2 saturated heterocycles. The molecule has 2 aromatic rings. The molecule has 7 nitrogen and oxygen atoms in total. The van der Waals surface area contributed by atoms with E-state index in [2.05, 4.69) is 27.9 Å². The highest BCUT2D eigenvalue weighted by Gasteiger charge is 2.32. The van der Waals surface area contributed by atoms with Crippen molar-refractivity contribution >= 4 is 28.7 Å². The minimum Gasteiger partial charge on any atom is -0.508 e. The van der Waals surface area contributed by atoms with Crippen molar-refractivity contribution in [2.45, 2.75) is 19.5 Å². The van der Waals surface area contributed by atoms with Crippen molar-refractivity contribution < 1.29 is 14.9 Å².